The maximum Gasteiger partial charge on any atom is 0.419 e. The molecule has 1 heterocycles. The van der Waals surface area contributed by atoms with Crippen molar-refractivity contribution in [2.24, 2.45) is 5.92 Å². The summed E-state index contributed by atoms with van der Waals surface area (Å²) in [5.41, 5.74) is -0.745. The summed E-state index contributed by atoms with van der Waals surface area (Å²) in [6.45, 7) is 0.473. The highest BCUT2D eigenvalue weighted by Crippen LogP contribution is 2.36. The lowest BCUT2D eigenvalue weighted by Crippen LogP contribution is -2.24. The number of anilines is 1. The van der Waals surface area contributed by atoms with Crippen LogP contribution < -0.4 is 5.32 Å². The van der Waals surface area contributed by atoms with Crippen molar-refractivity contribution < 1.29 is 13.2 Å². The number of halogens is 5. The molecule has 1 N–H and O–H groups in total. The SMILES string of the molecule is FC(F)(F)c1cc(Br)cnc1NCC1CCCC(Cl)C1. The van der Waals surface area contributed by atoms with E-state index in [2.05, 4.69) is 26.2 Å². The maximum atomic E-state index is 12.9. The van der Waals surface area contributed by atoms with E-state index in [0.717, 1.165) is 31.7 Å². The molecular formula is C13H15BrClF3N2. The minimum Gasteiger partial charge on any atom is -0.369 e. The van der Waals surface area contributed by atoms with E-state index in [4.69, 9.17) is 11.6 Å². The van der Waals surface area contributed by atoms with Crippen LogP contribution in [0.15, 0.2) is 16.7 Å². The smallest absolute Gasteiger partial charge is 0.369 e. The zero-order valence-corrected chi connectivity index (χ0v) is 13.0. The molecule has 0 amide bonds. The van der Waals surface area contributed by atoms with Crippen molar-refractivity contribution in [3.8, 4) is 0 Å². The van der Waals surface area contributed by atoms with Gasteiger partial charge in [0.25, 0.3) is 0 Å². The monoisotopic (exact) mass is 370 g/mol. The Morgan fingerprint density at radius 1 is 1.40 bits per heavy atom. The third-order valence-electron chi connectivity index (χ3n) is 3.44. The molecule has 20 heavy (non-hydrogen) atoms. The molecule has 7 heteroatoms. The van der Waals surface area contributed by atoms with Gasteiger partial charge in [0.05, 0.1) is 5.56 Å². The molecule has 1 fully saturated rings. The molecule has 0 bridgehead atoms. The molecule has 0 spiro atoms. The average Bonchev–Trinajstić information content (AvgIpc) is 2.36. The van der Waals surface area contributed by atoms with E-state index < -0.39 is 11.7 Å². The lowest BCUT2D eigenvalue weighted by molar-refractivity contribution is -0.137. The molecule has 1 aromatic heterocycles. The normalized spacial score (nSPS) is 23.6. The Hall–Kier alpha value is -0.490. The van der Waals surface area contributed by atoms with E-state index in [1.807, 2.05) is 0 Å². The highest BCUT2D eigenvalue weighted by atomic mass is 79.9. The standard InChI is InChI=1S/C13H15BrClF3N2/c14-9-5-11(13(16,17)18)12(20-7-9)19-6-8-2-1-3-10(15)4-8/h5,7-8,10H,1-4,6H2,(H,19,20). The van der Waals surface area contributed by atoms with Gasteiger partial charge in [-0.25, -0.2) is 4.98 Å². The largest absolute Gasteiger partial charge is 0.419 e. The van der Waals surface area contributed by atoms with Gasteiger partial charge in [0.2, 0.25) is 0 Å². The summed E-state index contributed by atoms with van der Waals surface area (Å²) in [4.78, 5) is 3.84. The minimum atomic E-state index is -4.42. The van der Waals surface area contributed by atoms with Crippen LogP contribution in [-0.4, -0.2) is 16.9 Å². The van der Waals surface area contributed by atoms with Crippen LogP contribution in [0.1, 0.15) is 31.2 Å². The molecule has 1 saturated carbocycles. The number of hydrogen-bond acceptors (Lipinski definition) is 2. The van der Waals surface area contributed by atoms with Crippen LogP contribution in [0.5, 0.6) is 0 Å². The van der Waals surface area contributed by atoms with Gasteiger partial charge in [-0.05, 0) is 47.2 Å². The lowest BCUT2D eigenvalue weighted by atomic mass is 9.89. The van der Waals surface area contributed by atoms with Crippen molar-refractivity contribution in [2.45, 2.75) is 37.2 Å². The maximum absolute atomic E-state index is 12.9. The third kappa shape index (κ3) is 4.25. The summed E-state index contributed by atoms with van der Waals surface area (Å²) >= 11 is 9.10. The quantitative estimate of drug-likeness (QED) is 0.750. The number of pyridine rings is 1. The van der Waals surface area contributed by atoms with Crippen molar-refractivity contribution in [1.29, 1.82) is 0 Å². The number of nitrogens with zero attached hydrogens (tertiary/aromatic N) is 1. The first-order chi connectivity index (χ1) is 9.36. The molecule has 0 saturated heterocycles. The Balaban J connectivity index is 2.05. The molecule has 1 aliphatic carbocycles. The fraction of sp³-hybridized carbons (Fsp3) is 0.615. The molecule has 2 unspecified atom stereocenters. The first-order valence-electron chi connectivity index (χ1n) is 6.47. The topological polar surface area (TPSA) is 24.9 Å². The number of alkyl halides is 4. The Morgan fingerprint density at radius 3 is 2.80 bits per heavy atom. The Kier molecular flexibility index (Phi) is 5.18. The predicted octanol–water partition coefficient (Wildman–Crippen LogP) is 5.07. The first kappa shape index (κ1) is 15.9. The van der Waals surface area contributed by atoms with Crippen molar-refractivity contribution in [3.05, 3.63) is 22.3 Å². The molecule has 2 rings (SSSR count). The van der Waals surface area contributed by atoms with Gasteiger partial charge in [-0.3, -0.25) is 0 Å². The van der Waals surface area contributed by atoms with Gasteiger partial charge in [-0.1, -0.05) is 6.42 Å². The summed E-state index contributed by atoms with van der Waals surface area (Å²) in [6.07, 6.45) is 0.798. The molecule has 2 atom stereocenters. The lowest BCUT2D eigenvalue weighted by Gasteiger charge is -2.26. The van der Waals surface area contributed by atoms with E-state index in [9.17, 15) is 13.2 Å². The second-order valence-electron chi connectivity index (χ2n) is 5.06. The van der Waals surface area contributed by atoms with Gasteiger partial charge in [0.15, 0.2) is 0 Å². The number of aromatic nitrogens is 1. The molecule has 1 aliphatic rings. The van der Waals surface area contributed by atoms with Crippen molar-refractivity contribution in [1.82, 2.24) is 4.98 Å². The third-order valence-corrected chi connectivity index (χ3v) is 4.27. The van der Waals surface area contributed by atoms with Crippen molar-refractivity contribution >= 4 is 33.3 Å². The highest BCUT2D eigenvalue weighted by molar-refractivity contribution is 9.10. The Bertz CT molecular complexity index is 467. The molecule has 112 valence electrons. The second kappa shape index (κ2) is 6.52. The Labute approximate surface area is 129 Å². The molecule has 0 aliphatic heterocycles. The molecule has 1 aromatic rings. The van der Waals surface area contributed by atoms with Crippen LogP contribution in [-0.2, 0) is 6.18 Å². The zero-order valence-electron chi connectivity index (χ0n) is 10.7. The predicted molar refractivity (Wildman–Crippen MR) is 77.0 cm³/mol. The van der Waals surface area contributed by atoms with E-state index in [1.54, 1.807) is 0 Å². The van der Waals surface area contributed by atoms with Gasteiger partial charge < -0.3 is 5.32 Å². The summed E-state index contributed by atoms with van der Waals surface area (Å²) in [5.74, 6) is 0.190. The molecule has 2 nitrogen and oxygen atoms in total. The van der Waals surface area contributed by atoms with Crippen LogP contribution in [0.2, 0.25) is 0 Å². The minimum absolute atomic E-state index is 0.114. The number of hydrogen-bond donors (Lipinski definition) is 1. The van der Waals surface area contributed by atoms with Crippen LogP contribution in [0.4, 0.5) is 19.0 Å². The average molecular weight is 372 g/mol. The fourth-order valence-corrected chi connectivity index (χ4v) is 3.19. The van der Waals surface area contributed by atoms with E-state index in [0.29, 0.717) is 16.9 Å². The highest BCUT2D eigenvalue weighted by Gasteiger charge is 2.35. The van der Waals surface area contributed by atoms with Crippen LogP contribution in [0.3, 0.4) is 0 Å². The number of nitrogens with one attached hydrogen (secondary N) is 1. The van der Waals surface area contributed by atoms with Gasteiger partial charge in [0, 0.05) is 22.6 Å². The second-order valence-corrected chi connectivity index (χ2v) is 6.59. The van der Waals surface area contributed by atoms with Crippen molar-refractivity contribution in [3.63, 3.8) is 0 Å². The van der Waals surface area contributed by atoms with Crippen LogP contribution in [0, 0.1) is 5.92 Å². The van der Waals surface area contributed by atoms with Crippen molar-refractivity contribution in [2.75, 3.05) is 11.9 Å². The van der Waals surface area contributed by atoms with Crippen LogP contribution >= 0.6 is 27.5 Å². The van der Waals surface area contributed by atoms with E-state index in [-0.39, 0.29) is 11.2 Å². The fourth-order valence-electron chi connectivity index (χ4n) is 2.45. The molecule has 0 aromatic carbocycles. The molecular weight excluding hydrogens is 357 g/mol. The summed E-state index contributed by atoms with van der Waals surface area (Å²) in [6, 6.07) is 1.04. The summed E-state index contributed by atoms with van der Waals surface area (Å²) < 4.78 is 39.1. The van der Waals surface area contributed by atoms with Gasteiger partial charge in [-0.2, -0.15) is 13.2 Å². The van der Waals surface area contributed by atoms with E-state index >= 15 is 0 Å². The van der Waals surface area contributed by atoms with Crippen LogP contribution in [0.25, 0.3) is 0 Å². The number of rotatable bonds is 3. The first-order valence-corrected chi connectivity index (χ1v) is 7.70. The Morgan fingerprint density at radius 2 is 2.15 bits per heavy atom. The molecule has 0 radical (unpaired) electrons. The zero-order chi connectivity index (χ0) is 14.8. The van der Waals surface area contributed by atoms with Gasteiger partial charge in [0.1, 0.15) is 5.82 Å². The van der Waals surface area contributed by atoms with Gasteiger partial charge in [-0.15, -0.1) is 11.6 Å². The van der Waals surface area contributed by atoms with E-state index in [1.165, 1.54) is 6.20 Å². The summed E-state index contributed by atoms with van der Waals surface area (Å²) in [7, 11) is 0. The van der Waals surface area contributed by atoms with Gasteiger partial charge >= 0.3 is 6.18 Å². The summed E-state index contributed by atoms with van der Waals surface area (Å²) in [5, 5.41) is 2.96.